The van der Waals surface area contributed by atoms with Crippen LogP contribution in [-0.4, -0.2) is 65.9 Å². The summed E-state index contributed by atoms with van der Waals surface area (Å²) in [4.78, 5) is 43.1. The Labute approximate surface area is 252 Å². The van der Waals surface area contributed by atoms with Crippen LogP contribution in [0.25, 0.3) is 28.0 Å². The van der Waals surface area contributed by atoms with Gasteiger partial charge < -0.3 is 20.0 Å². The van der Waals surface area contributed by atoms with Crippen LogP contribution in [0.2, 0.25) is 0 Å². The minimum atomic E-state index is -1.05. The van der Waals surface area contributed by atoms with Crippen molar-refractivity contribution in [2.45, 2.75) is 65.5 Å². The number of hydrogen-bond donors (Lipinski definition) is 2. The number of nitrogens with zero attached hydrogens (tertiary/aromatic N) is 6. The maximum atomic E-state index is 16.0. The standard InChI is InChI=1S/C32H34F2N6O4/c1-16-11-12-35-24(18-9-10-18)26(16)40-29-19(15-21(34)25(36-29)23-20(33)7-6-8-22(23)41)28(37-30(40)42)38-13-14-39(31(43)44)27(17(38)2)32(3,4)5/h6-8,11-12,15,17-18,27,41H,9-10,13-14H2,1-5H3,(H,43,44)/t17-,27?/m0/s1. The van der Waals surface area contributed by atoms with E-state index in [4.69, 9.17) is 0 Å². The second-order valence-electron chi connectivity index (χ2n) is 12.7. The molecule has 0 spiro atoms. The van der Waals surface area contributed by atoms with Crippen molar-refractivity contribution >= 4 is 22.9 Å². The molecule has 44 heavy (non-hydrogen) atoms. The van der Waals surface area contributed by atoms with E-state index in [0.717, 1.165) is 30.5 Å². The molecular weight excluding hydrogens is 570 g/mol. The number of rotatable bonds is 4. The lowest BCUT2D eigenvalue weighted by Crippen LogP contribution is -2.64. The molecule has 10 nitrogen and oxygen atoms in total. The average Bonchev–Trinajstić information content (AvgIpc) is 3.78. The maximum Gasteiger partial charge on any atom is 0.407 e. The van der Waals surface area contributed by atoms with Crippen molar-refractivity contribution < 1.29 is 23.8 Å². The summed E-state index contributed by atoms with van der Waals surface area (Å²) < 4.78 is 32.3. The molecule has 1 amide bonds. The van der Waals surface area contributed by atoms with Gasteiger partial charge in [-0.05, 0) is 61.9 Å². The molecular formula is C32H34F2N6O4. The van der Waals surface area contributed by atoms with Gasteiger partial charge in [0.05, 0.1) is 28.4 Å². The molecule has 2 N–H and O–H groups in total. The summed E-state index contributed by atoms with van der Waals surface area (Å²) in [5.74, 6) is -2.00. The first-order chi connectivity index (χ1) is 20.8. The van der Waals surface area contributed by atoms with E-state index in [1.807, 2.05) is 39.5 Å². The molecule has 2 aliphatic rings. The van der Waals surface area contributed by atoms with Gasteiger partial charge in [-0.15, -0.1) is 0 Å². The van der Waals surface area contributed by atoms with Crippen molar-refractivity contribution in [2.24, 2.45) is 5.41 Å². The number of fused-ring (bicyclic) bond motifs is 1. The molecule has 1 aliphatic heterocycles. The highest BCUT2D eigenvalue weighted by Gasteiger charge is 2.44. The molecule has 12 heteroatoms. The fourth-order valence-electron chi connectivity index (χ4n) is 6.66. The van der Waals surface area contributed by atoms with Gasteiger partial charge in [-0.1, -0.05) is 26.8 Å². The first-order valence-electron chi connectivity index (χ1n) is 14.6. The first-order valence-corrected chi connectivity index (χ1v) is 14.6. The highest BCUT2D eigenvalue weighted by atomic mass is 19.1. The number of carbonyl (C=O) groups is 1. The number of phenolic OH excluding ortho intramolecular Hbond substituents is 1. The van der Waals surface area contributed by atoms with Gasteiger partial charge in [0.1, 0.15) is 23.1 Å². The summed E-state index contributed by atoms with van der Waals surface area (Å²) in [6, 6.07) is 5.62. The second kappa shape index (κ2) is 10.5. The summed E-state index contributed by atoms with van der Waals surface area (Å²) in [7, 11) is 0. The van der Waals surface area contributed by atoms with Gasteiger partial charge in [0.2, 0.25) is 0 Å². The van der Waals surface area contributed by atoms with Crippen LogP contribution in [0.1, 0.15) is 57.7 Å². The number of carboxylic acid groups (broad SMARTS) is 1. The van der Waals surface area contributed by atoms with Crippen LogP contribution in [0.4, 0.5) is 19.4 Å². The highest BCUT2D eigenvalue weighted by molar-refractivity contribution is 5.91. The lowest BCUT2D eigenvalue weighted by molar-refractivity contribution is 0.0562. The smallest absolute Gasteiger partial charge is 0.407 e. The Bertz CT molecular complexity index is 1850. The molecule has 1 saturated carbocycles. The van der Waals surface area contributed by atoms with Crippen LogP contribution in [0, 0.1) is 24.0 Å². The summed E-state index contributed by atoms with van der Waals surface area (Å²) in [6.07, 6.45) is 2.43. The van der Waals surface area contributed by atoms with E-state index in [-0.39, 0.29) is 35.9 Å². The van der Waals surface area contributed by atoms with E-state index in [1.165, 1.54) is 21.6 Å². The van der Waals surface area contributed by atoms with Crippen molar-refractivity contribution in [2.75, 3.05) is 18.0 Å². The summed E-state index contributed by atoms with van der Waals surface area (Å²) in [6.45, 7) is 9.85. The highest BCUT2D eigenvalue weighted by Crippen LogP contribution is 2.43. The van der Waals surface area contributed by atoms with E-state index >= 15 is 8.78 Å². The average molecular weight is 605 g/mol. The van der Waals surface area contributed by atoms with E-state index in [0.29, 0.717) is 11.4 Å². The molecule has 6 rings (SSSR count). The molecule has 0 bridgehead atoms. The van der Waals surface area contributed by atoms with Gasteiger partial charge in [0.15, 0.2) is 11.5 Å². The predicted molar refractivity (Wildman–Crippen MR) is 161 cm³/mol. The van der Waals surface area contributed by atoms with Gasteiger partial charge in [0.25, 0.3) is 0 Å². The van der Waals surface area contributed by atoms with Gasteiger partial charge >= 0.3 is 11.8 Å². The van der Waals surface area contributed by atoms with E-state index < -0.39 is 57.9 Å². The summed E-state index contributed by atoms with van der Waals surface area (Å²) in [5, 5.41) is 20.7. The lowest BCUT2D eigenvalue weighted by atomic mass is 9.80. The largest absolute Gasteiger partial charge is 0.507 e. The maximum absolute atomic E-state index is 16.0. The first kappa shape index (κ1) is 29.5. The van der Waals surface area contributed by atoms with E-state index in [9.17, 15) is 19.8 Å². The Balaban J connectivity index is 1.66. The topological polar surface area (TPSA) is 125 Å². The number of halogens is 2. The molecule has 1 aliphatic carbocycles. The molecule has 3 aromatic heterocycles. The van der Waals surface area contributed by atoms with E-state index in [2.05, 4.69) is 15.0 Å². The number of amides is 1. The Morgan fingerprint density at radius 2 is 1.80 bits per heavy atom. The molecule has 230 valence electrons. The summed E-state index contributed by atoms with van der Waals surface area (Å²) in [5.41, 5.74) is -0.103. The Morgan fingerprint density at radius 1 is 1.07 bits per heavy atom. The number of piperazine rings is 1. The number of benzene rings is 1. The van der Waals surface area contributed by atoms with Crippen LogP contribution in [-0.2, 0) is 0 Å². The lowest BCUT2D eigenvalue weighted by Gasteiger charge is -2.51. The number of phenols is 1. The second-order valence-corrected chi connectivity index (χ2v) is 12.7. The Morgan fingerprint density at radius 3 is 2.43 bits per heavy atom. The predicted octanol–water partition coefficient (Wildman–Crippen LogP) is 5.62. The molecule has 4 aromatic rings. The van der Waals surface area contributed by atoms with Crippen molar-refractivity contribution in [3.05, 3.63) is 69.9 Å². The zero-order valence-corrected chi connectivity index (χ0v) is 25.2. The van der Waals surface area contributed by atoms with Crippen LogP contribution < -0.4 is 10.6 Å². The molecule has 4 heterocycles. The Hall–Kier alpha value is -4.61. The van der Waals surface area contributed by atoms with Crippen LogP contribution in [0.15, 0.2) is 41.3 Å². The third-order valence-electron chi connectivity index (χ3n) is 8.64. The molecule has 1 unspecified atom stereocenters. The fourth-order valence-corrected chi connectivity index (χ4v) is 6.66. The van der Waals surface area contributed by atoms with Crippen molar-refractivity contribution in [3.63, 3.8) is 0 Å². The van der Waals surface area contributed by atoms with Crippen molar-refractivity contribution in [1.29, 1.82) is 0 Å². The number of aryl methyl sites for hydroxylation is 1. The number of aromatic nitrogens is 4. The van der Waals surface area contributed by atoms with E-state index in [1.54, 1.807) is 12.3 Å². The fraction of sp³-hybridized carbons (Fsp3) is 0.406. The number of anilines is 1. The zero-order valence-electron chi connectivity index (χ0n) is 25.2. The minimum absolute atomic E-state index is 0.0252. The van der Waals surface area contributed by atoms with Gasteiger partial charge in [-0.3, -0.25) is 4.98 Å². The Kier molecular flexibility index (Phi) is 7.05. The van der Waals surface area contributed by atoms with Crippen molar-refractivity contribution in [3.8, 4) is 22.7 Å². The van der Waals surface area contributed by atoms with Crippen LogP contribution in [0.3, 0.4) is 0 Å². The van der Waals surface area contributed by atoms with Crippen molar-refractivity contribution in [1.82, 2.24) is 24.4 Å². The van der Waals surface area contributed by atoms with Crippen LogP contribution in [0.5, 0.6) is 5.75 Å². The van der Waals surface area contributed by atoms with Gasteiger partial charge in [-0.25, -0.2) is 27.9 Å². The normalized spacial score (nSPS) is 19.1. The third-order valence-corrected chi connectivity index (χ3v) is 8.64. The molecule has 2 fully saturated rings. The van der Waals surface area contributed by atoms with Crippen LogP contribution >= 0.6 is 0 Å². The quantitative estimate of drug-likeness (QED) is 0.308. The third kappa shape index (κ3) is 4.82. The molecule has 2 atom stereocenters. The van der Waals surface area contributed by atoms with Gasteiger partial charge in [-0.2, -0.15) is 4.98 Å². The number of hydrogen-bond acceptors (Lipinski definition) is 7. The summed E-state index contributed by atoms with van der Waals surface area (Å²) >= 11 is 0. The minimum Gasteiger partial charge on any atom is -0.507 e. The molecule has 0 radical (unpaired) electrons. The molecule has 1 aromatic carbocycles. The monoisotopic (exact) mass is 604 g/mol. The molecule has 1 saturated heterocycles. The SMILES string of the molecule is Cc1ccnc(C2CC2)c1-n1c(=O)nc(N2CCN(C(=O)O)C(C(C)(C)C)[C@@H]2C)c2cc(F)c(-c3c(O)cccc3F)nc21. The number of pyridine rings is 2. The zero-order chi connectivity index (χ0) is 31.7. The van der Waals surface area contributed by atoms with Gasteiger partial charge in [0, 0.05) is 31.2 Å². The number of aromatic hydroxyl groups is 1.